The maximum absolute atomic E-state index is 11.1. The van der Waals surface area contributed by atoms with Crippen LogP contribution in [0.4, 0.5) is 0 Å². The lowest BCUT2D eigenvalue weighted by atomic mass is 9.95. The molecule has 0 bridgehead atoms. The minimum atomic E-state index is -3.00. The molecule has 1 aromatic carbocycles. The first-order chi connectivity index (χ1) is 5.64. The molecule has 0 heterocycles. The van der Waals surface area contributed by atoms with Crippen LogP contribution in [0.1, 0.15) is 6.92 Å². The monoisotopic (exact) mass is 181 g/mol. The summed E-state index contributed by atoms with van der Waals surface area (Å²) >= 11 is 0. The molecule has 0 aliphatic rings. The van der Waals surface area contributed by atoms with Gasteiger partial charge in [-0.25, -0.2) is 8.42 Å². The molecule has 1 radical (unpaired) electrons. The summed E-state index contributed by atoms with van der Waals surface area (Å²) in [5.41, 5.74) is 0.736. The summed E-state index contributed by atoms with van der Waals surface area (Å²) in [6, 6.07) is 9.03. The van der Waals surface area contributed by atoms with Crippen molar-refractivity contribution in [3.8, 4) is 0 Å². The van der Waals surface area contributed by atoms with Crippen LogP contribution in [-0.2, 0) is 9.69 Å². The van der Waals surface area contributed by atoms with Gasteiger partial charge in [0.25, 0.3) is 0 Å². The summed E-state index contributed by atoms with van der Waals surface area (Å²) in [4.78, 5) is 0. The van der Waals surface area contributed by atoms with Gasteiger partial charge in [0.2, 0.25) is 0 Å². The van der Waals surface area contributed by atoms with Crippen molar-refractivity contribution in [1.29, 1.82) is 0 Å². The molecule has 1 aromatic rings. The fraction of sp³-hybridized carbons (Fsp3) is 0.250. The highest BCUT2D eigenvalue weighted by atomic mass is 32.2. The van der Waals surface area contributed by atoms with E-state index in [9.17, 15) is 8.42 Å². The molecule has 0 amide bonds. The van der Waals surface area contributed by atoms with E-state index in [1.165, 1.54) is 6.56 Å². The predicted octanol–water partition coefficient (Wildman–Crippen LogP) is 0.366. The zero-order chi connectivity index (χ0) is 9.03. The average Bonchev–Trinajstić information content (AvgIpc) is 2.06. The summed E-state index contributed by atoms with van der Waals surface area (Å²) in [5, 5.41) is 0. The summed E-state index contributed by atoms with van der Waals surface area (Å²) in [5.74, 6) is 0.155. The lowest BCUT2D eigenvalue weighted by molar-refractivity contribution is 0.610. The van der Waals surface area contributed by atoms with Crippen molar-refractivity contribution in [2.24, 2.45) is 0 Å². The zero-order valence-corrected chi connectivity index (χ0v) is 7.71. The van der Waals surface area contributed by atoms with E-state index >= 15 is 0 Å². The van der Waals surface area contributed by atoms with Crippen LogP contribution in [0.3, 0.4) is 0 Å². The number of hydrogen-bond donors (Lipinski definition) is 0. The Morgan fingerprint density at radius 3 is 2.33 bits per heavy atom. The quantitative estimate of drug-likeness (QED) is 0.631. The third-order valence-corrected chi connectivity index (χ3v) is 2.95. The maximum Gasteiger partial charge on any atom is 0.316 e. The van der Waals surface area contributed by atoms with Gasteiger partial charge in [-0.05, 0) is 0 Å². The van der Waals surface area contributed by atoms with Gasteiger partial charge in [-0.15, -0.1) is 0 Å². The molecule has 12 heavy (non-hydrogen) atoms. The Bertz CT molecular complexity index is 331. The number of hydrogen-bond acceptors (Lipinski definition) is 2. The molecule has 0 saturated carbocycles. The third-order valence-electron chi connectivity index (χ3n) is 1.52. The summed E-state index contributed by atoms with van der Waals surface area (Å²) in [6.07, 6.45) is 0. The fourth-order valence-corrected chi connectivity index (χ4v) is 1.56. The van der Waals surface area contributed by atoms with Crippen molar-refractivity contribution in [2.75, 3.05) is 5.75 Å². The molecule has 0 N–H and O–H groups in total. The lowest BCUT2D eigenvalue weighted by Gasteiger charge is -1.97. The fourth-order valence-electron chi connectivity index (χ4n) is 0.822. The standard InChI is InChI=1S/C8H10BO2S/c1-2-12(10,11)9-8-6-4-3-5-7-8/h3-7H,2H2,1H3. The molecule has 0 unspecified atom stereocenters. The summed E-state index contributed by atoms with van der Waals surface area (Å²) in [6.45, 7) is 2.93. The van der Waals surface area contributed by atoms with Crippen LogP contribution < -0.4 is 5.46 Å². The van der Waals surface area contributed by atoms with E-state index in [0.29, 0.717) is 0 Å². The Kier molecular flexibility index (Phi) is 2.92. The molecule has 0 aromatic heterocycles. The van der Waals surface area contributed by atoms with Crippen molar-refractivity contribution < 1.29 is 8.42 Å². The van der Waals surface area contributed by atoms with Crippen molar-refractivity contribution >= 4 is 21.7 Å². The van der Waals surface area contributed by atoms with Crippen LogP contribution in [0.15, 0.2) is 30.3 Å². The van der Waals surface area contributed by atoms with Gasteiger partial charge in [-0.3, -0.25) is 0 Å². The van der Waals surface area contributed by atoms with Gasteiger partial charge in [-0.1, -0.05) is 42.7 Å². The maximum atomic E-state index is 11.1. The highest BCUT2D eigenvalue weighted by Crippen LogP contribution is 1.88. The normalized spacial score (nSPS) is 11.1. The molecule has 4 heteroatoms. The van der Waals surface area contributed by atoms with Gasteiger partial charge >= 0.3 is 6.56 Å². The van der Waals surface area contributed by atoms with Crippen LogP contribution in [0, 0.1) is 0 Å². The molecule has 0 fully saturated rings. The van der Waals surface area contributed by atoms with Crippen molar-refractivity contribution in [3.63, 3.8) is 0 Å². The van der Waals surface area contributed by atoms with Crippen LogP contribution in [0.2, 0.25) is 0 Å². The van der Waals surface area contributed by atoms with Crippen LogP contribution in [0.25, 0.3) is 0 Å². The van der Waals surface area contributed by atoms with Crippen molar-refractivity contribution in [1.82, 2.24) is 0 Å². The highest BCUT2D eigenvalue weighted by Gasteiger charge is 2.10. The topological polar surface area (TPSA) is 34.1 Å². The smallest absolute Gasteiger partial charge is 0.241 e. The Morgan fingerprint density at radius 1 is 1.25 bits per heavy atom. The van der Waals surface area contributed by atoms with Gasteiger partial charge in [0.1, 0.15) is 9.69 Å². The second-order valence-corrected chi connectivity index (χ2v) is 4.62. The second-order valence-electron chi connectivity index (χ2n) is 2.48. The lowest BCUT2D eigenvalue weighted by Crippen LogP contribution is -2.24. The van der Waals surface area contributed by atoms with E-state index in [4.69, 9.17) is 0 Å². The number of rotatable bonds is 3. The van der Waals surface area contributed by atoms with Crippen LogP contribution in [-0.4, -0.2) is 20.7 Å². The van der Waals surface area contributed by atoms with E-state index < -0.39 is 9.69 Å². The van der Waals surface area contributed by atoms with Crippen LogP contribution in [0.5, 0.6) is 0 Å². The summed E-state index contributed by atoms with van der Waals surface area (Å²) in [7, 11) is -3.00. The predicted molar refractivity (Wildman–Crippen MR) is 51.3 cm³/mol. The molecule has 0 atom stereocenters. The van der Waals surface area contributed by atoms with E-state index in [-0.39, 0.29) is 5.75 Å². The van der Waals surface area contributed by atoms with Crippen LogP contribution >= 0.6 is 0 Å². The molecule has 1 rings (SSSR count). The Hall–Kier alpha value is -0.765. The molecule has 2 nitrogen and oxygen atoms in total. The molecule has 63 valence electrons. The molecule has 0 aliphatic heterocycles. The SMILES string of the molecule is CCS(=O)(=O)[B]c1ccccc1. The summed E-state index contributed by atoms with van der Waals surface area (Å²) < 4.78 is 22.2. The van der Waals surface area contributed by atoms with Gasteiger partial charge in [0.05, 0.1) is 0 Å². The van der Waals surface area contributed by atoms with Gasteiger partial charge in [-0.2, -0.15) is 0 Å². The largest absolute Gasteiger partial charge is 0.316 e. The molecule has 0 saturated heterocycles. The van der Waals surface area contributed by atoms with Gasteiger partial charge in [0, 0.05) is 5.75 Å². The zero-order valence-electron chi connectivity index (χ0n) is 6.90. The third kappa shape index (κ3) is 2.70. The number of benzene rings is 1. The van der Waals surface area contributed by atoms with Crippen molar-refractivity contribution in [3.05, 3.63) is 30.3 Å². The molecular formula is C8H10BO2S. The first-order valence-corrected chi connectivity index (χ1v) is 5.48. The Morgan fingerprint density at radius 2 is 1.83 bits per heavy atom. The van der Waals surface area contributed by atoms with E-state index in [0.717, 1.165) is 5.46 Å². The molecular weight excluding hydrogens is 171 g/mol. The average molecular weight is 181 g/mol. The first kappa shape index (κ1) is 9.32. The van der Waals surface area contributed by atoms with Crippen molar-refractivity contribution in [2.45, 2.75) is 6.92 Å². The van der Waals surface area contributed by atoms with Gasteiger partial charge in [0.15, 0.2) is 0 Å². The Labute approximate surface area is 73.7 Å². The molecule has 0 aliphatic carbocycles. The highest BCUT2D eigenvalue weighted by molar-refractivity contribution is 8.16. The van der Waals surface area contributed by atoms with E-state index in [2.05, 4.69) is 0 Å². The minimum absolute atomic E-state index is 0.155. The minimum Gasteiger partial charge on any atom is -0.241 e. The van der Waals surface area contributed by atoms with Gasteiger partial charge < -0.3 is 0 Å². The first-order valence-electron chi connectivity index (χ1n) is 3.76. The second kappa shape index (κ2) is 3.76. The van der Waals surface area contributed by atoms with E-state index in [1.54, 1.807) is 19.1 Å². The Balaban J connectivity index is 2.78. The molecule has 0 spiro atoms. The van der Waals surface area contributed by atoms with E-state index in [1.807, 2.05) is 18.2 Å².